The van der Waals surface area contributed by atoms with E-state index in [1.165, 1.54) is 12.1 Å². The summed E-state index contributed by atoms with van der Waals surface area (Å²) in [5.41, 5.74) is 0.0118. The van der Waals surface area contributed by atoms with E-state index >= 15 is 0 Å². The van der Waals surface area contributed by atoms with Crippen molar-refractivity contribution in [1.29, 1.82) is 0 Å². The minimum Gasteiger partial charge on any atom is -0.477 e. The van der Waals surface area contributed by atoms with Crippen molar-refractivity contribution in [2.24, 2.45) is 0 Å². The number of imidazole rings is 1. The van der Waals surface area contributed by atoms with Gasteiger partial charge in [0, 0.05) is 0 Å². The van der Waals surface area contributed by atoms with Crippen LogP contribution in [0.4, 0.5) is 0 Å². The molecule has 0 aliphatic carbocycles. The van der Waals surface area contributed by atoms with Crippen molar-refractivity contribution in [3.63, 3.8) is 0 Å². The Labute approximate surface area is 83.4 Å². The molecule has 0 amide bonds. The first kappa shape index (κ1) is 9.20. The van der Waals surface area contributed by atoms with Crippen LogP contribution in [0.25, 0.3) is 5.65 Å². The minimum absolute atomic E-state index is 0.123. The highest BCUT2D eigenvalue weighted by Gasteiger charge is 2.16. The van der Waals surface area contributed by atoms with Crippen LogP contribution in [-0.2, 0) is 0 Å². The zero-order valence-corrected chi connectivity index (χ0v) is 7.41. The summed E-state index contributed by atoms with van der Waals surface area (Å²) in [7, 11) is 0. The second kappa shape index (κ2) is 3.09. The molecule has 2 aromatic rings. The van der Waals surface area contributed by atoms with Gasteiger partial charge in [-0.2, -0.15) is 0 Å². The molecule has 2 N–H and O–H groups in total. The number of fused-ring (bicyclic) bond motifs is 1. The molecule has 0 saturated carbocycles. The Morgan fingerprint density at radius 2 is 1.80 bits per heavy atom. The Kier molecular flexibility index (Phi) is 1.89. The molecule has 0 aliphatic heterocycles. The van der Waals surface area contributed by atoms with Crippen molar-refractivity contribution in [3.8, 4) is 0 Å². The van der Waals surface area contributed by atoms with Gasteiger partial charge in [-0.3, -0.25) is 4.40 Å². The van der Waals surface area contributed by atoms with Crippen molar-refractivity contribution in [1.82, 2.24) is 9.38 Å². The summed E-state index contributed by atoms with van der Waals surface area (Å²) in [4.78, 5) is 25.4. The lowest BCUT2D eigenvalue weighted by molar-refractivity contribution is 0.0683. The molecule has 0 aliphatic rings. The molecular weight excluding hydrogens is 200 g/mol. The van der Waals surface area contributed by atoms with Crippen molar-refractivity contribution >= 4 is 17.6 Å². The first-order valence-electron chi connectivity index (χ1n) is 4.04. The average molecular weight is 206 g/mol. The molecule has 0 atom stereocenters. The van der Waals surface area contributed by atoms with Crippen LogP contribution in [0.2, 0.25) is 0 Å². The molecule has 2 aromatic heterocycles. The van der Waals surface area contributed by atoms with Gasteiger partial charge in [0.25, 0.3) is 0 Å². The Hall–Kier alpha value is -2.37. The first-order valence-corrected chi connectivity index (χ1v) is 4.04. The predicted octanol–water partition coefficient (Wildman–Crippen LogP) is 0.731. The maximum Gasteiger partial charge on any atom is 0.354 e. The fraction of sp³-hybridized carbons (Fsp3) is 0. The standard InChI is InChI=1S/C9H6N2O4/c12-8(13)5-2-1-3-7-10-4-6(9(14)15)11(5)7/h1-4H,(H,12,13)(H,14,15). The lowest BCUT2D eigenvalue weighted by atomic mass is 10.3. The first-order chi connectivity index (χ1) is 7.11. The number of nitrogens with zero attached hydrogens (tertiary/aromatic N) is 2. The fourth-order valence-electron chi connectivity index (χ4n) is 1.35. The van der Waals surface area contributed by atoms with Gasteiger partial charge >= 0.3 is 11.9 Å². The zero-order valence-electron chi connectivity index (χ0n) is 7.41. The molecule has 15 heavy (non-hydrogen) atoms. The fourth-order valence-corrected chi connectivity index (χ4v) is 1.35. The van der Waals surface area contributed by atoms with Gasteiger partial charge < -0.3 is 10.2 Å². The molecule has 6 heteroatoms. The van der Waals surface area contributed by atoms with Gasteiger partial charge in [0.2, 0.25) is 0 Å². The minimum atomic E-state index is -1.21. The lowest BCUT2D eigenvalue weighted by Gasteiger charge is -2.01. The molecule has 0 fully saturated rings. The molecule has 6 nitrogen and oxygen atoms in total. The largest absolute Gasteiger partial charge is 0.477 e. The second-order valence-corrected chi connectivity index (χ2v) is 2.86. The smallest absolute Gasteiger partial charge is 0.354 e. The van der Waals surface area contributed by atoms with Gasteiger partial charge in [-0.1, -0.05) is 6.07 Å². The van der Waals surface area contributed by atoms with Gasteiger partial charge in [-0.25, -0.2) is 14.6 Å². The Balaban J connectivity index is 2.86. The van der Waals surface area contributed by atoms with Crippen LogP contribution in [0.1, 0.15) is 21.0 Å². The molecule has 0 radical (unpaired) electrons. The van der Waals surface area contributed by atoms with Crippen LogP contribution < -0.4 is 0 Å². The number of carboxylic acid groups (broad SMARTS) is 2. The monoisotopic (exact) mass is 206 g/mol. The third-order valence-corrected chi connectivity index (χ3v) is 1.97. The molecule has 0 saturated heterocycles. The van der Waals surface area contributed by atoms with E-state index in [2.05, 4.69) is 4.98 Å². The molecule has 2 heterocycles. The van der Waals surface area contributed by atoms with Gasteiger partial charge in [0.15, 0.2) is 5.69 Å². The topological polar surface area (TPSA) is 91.9 Å². The van der Waals surface area contributed by atoms with Gasteiger partial charge in [0.1, 0.15) is 11.3 Å². The highest BCUT2D eigenvalue weighted by molar-refractivity contribution is 5.91. The highest BCUT2D eigenvalue weighted by atomic mass is 16.4. The Morgan fingerprint density at radius 1 is 1.13 bits per heavy atom. The van der Waals surface area contributed by atoms with Crippen molar-refractivity contribution in [2.45, 2.75) is 0 Å². The maximum atomic E-state index is 10.8. The van der Waals surface area contributed by atoms with E-state index in [4.69, 9.17) is 10.2 Å². The summed E-state index contributed by atoms with van der Waals surface area (Å²) in [5, 5.41) is 17.7. The summed E-state index contributed by atoms with van der Waals surface area (Å²) in [6.07, 6.45) is 1.13. The van der Waals surface area contributed by atoms with Crippen molar-refractivity contribution in [3.05, 3.63) is 35.8 Å². The summed E-state index contributed by atoms with van der Waals surface area (Å²) in [6.45, 7) is 0. The van der Waals surface area contributed by atoms with Gasteiger partial charge in [0.05, 0.1) is 6.20 Å². The Morgan fingerprint density at radius 3 is 2.40 bits per heavy atom. The van der Waals surface area contributed by atoms with Gasteiger partial charge in [-0.05, 0) is 12.1 Å². The molecule has 0 aromatic carbocycles. The molecule has 2 rings (SSSR count). The van der Waals surface area contributed by atoms with E-state index < -0.39 is 11.9 Å². The van der Waals surface area contributed by atoms with Crippen LogP contribution in [0.5, 0.6) is 0 Å². The van der Waals surface area contributed by atoms with Crippen molar-refractivity contribution in [2.75, 3.05) is 0 Å². The summed E-state index contributed by atoms with van der Waals surface area (Å²) in [6, 6.07) is 4.37. The highest BCUT2D eigenvalue weighted by Crippen LogP contribution is 2.10. The number of pyridine rings is 1. The van der Waals surface area contributed by atoms with Crippen LogP contribution in [-0.4, -0.2) is 31.5 Å². The second-order valence-electron chi connectivity index (χ2n) is 2.86. The Bertz CT molecular complexity index is 558. The third-order valence-electron chi connectivity index (χ3n) is 1.97. The maximum absolute atomic E-state index is 10.8. The van der Waals surface area contributed by atoms with Crippen LogP contribution >= 0.6 is 0 Å². The lowest BCUT2D eigenvalue weighted by Crippen LogP contribution is -2.10. The molecule has 0 bridgehead atoms. The van der Waals surface area contributed by atoms with E-state index in [1.807, 2.05) is 0 Å². The number of hydrogen-bond acceptors (Lipinski definition) is 3. The predicted molar refractivity (Wildman–Crippen MR) is 49.1 cm³/mol. The van der Waals surface area contributed by atoms with E-state index in [9.17, 15) is 9.59 Å². The van der Waals surface area contributed by atoms with Crippen molar-refractivity contribution < 1.29 is 19.8 Å². The number of hydrogen-bond donors (Lipinski definition) is 2. The van der Waals surface area contributed by atoms with E-state index in [-0.39, 0.29) is 11.4 Å². The average Bonchev–Trinajstić information content (AvgIpc) is 2.60. The van der Waals surface area contributed by atoms with Crippen LogP contribution in [0.3, 0.4) is 0 Å². The normalized spacial score (nSPS) is 10.4. The molecular formula is C9H6N2O4. The summed E-state index contributed by atoms with van der Waals surface area (Å²) in [5.74, 6) is -2.41. The summed E-state index contributed by atoms with van der Waals surface area (Å²) < 4.78 is 1.09. The van der Waals surface area contributed by atoms with Crippen LogP contribution in [0.15, 0.2) is 24.4 Å². The molecule has 0 spiro atoms. The molecule has 76 valence electrons. The number of carbonyl (C=O) groups is 2. The number of aromatic carboxylic acids is 2. The van der Waals surface area contributed by atoms with Crippen LogP contribution in [0, 0.1) is 0 Å². The number of rotatable bonds is 2. The zero-order chi connectivity index (χ0) is 11.0. The SMILES string of the molecule is O=C(O)c1cccc2ncc(C(=O)O)n12. The van der Waals surface area contributed by atoms with E-state index in [1.54, 1.807) is 6.07 Å². The van der Waals surface area contributed by atoms with E-state index in [0.717, 1.165) is 10.6 Å². The van der Waals surface area contributed by atoms with Gasteiger partial charge in [-0.15, -0.1) is 0 Å². The third kappa shape index (κ3) is 1.32. The van der Waals surface area contributed by atoms with E-state index in [0.29, 0.717) is 5.65 Å². The number of aromatic nitrogens is 2. The quantitative estimate of drug-likeness (QED) is 0.755. The molecule has 0 unspecified atom stereocenters. The summed E-state index contributed by atoms with van der Waals surface area (Å²) >= 11 is 0. The number of carboxylic acids is 2.